The van der Waals surface area contributed by atoms with Crippen molar-refractivity contribution >= 4 is 59.3 Å². The lowest BCUT2D eigenvalue weighted by Gasteiger charge is -2.31. The molecule has 6 atom stereocenters. The number of nitrogens with two attached hydrogens (primary N) is 1. The number of aliphatic carboxylic acids is 1. The van der Waals surface area contributed by atoms with E-state index in [0.717, 1.165) is 0 Å². The van der Waals surface area contributed by atoms with E-state index in [1.165, 1.54) is 16.7 Å². The van der Waals surface area contributed by atoms with Crippen LogP contribution < -0.4 is 32.3 Å². The fraction of sp³-hybridized carbons (Fsp3) is 0.545. The average molecular weight is 882 g/mol. The second kappa shape index (κ2) is 24.7. The Kier molecular flexibility index (Phi) is 20.2. The molecule has 1 fully saturated rings. The summed E-state index contributed by atoms with van der Waals surface area (Å²) in [5, 5.41) is 22.8. The summed E-state index contributed by atoms with van der Waals surface area (Å²) < 4.78 is 5.30. The molecule has 340 valence electrons. The number of ether oxygens (including phenoxy) is 1. The van der Waals surface area contributed by atoms with Crippen molar-refractivity contribution in [1.82, 2.24) is 31.5 Å². The highest BCUT2D eigenvalue weighted by molar-refractivity contribution is 7.98. The zero-order chi connectivity index (χ0) is 46.0. The summed E-state index contributed by atoms with van der Waals surface area (Å²) >= 11 is 1.49. The molecule has 1 aliphatic rings. The first kappa shape index (κ1) is 50.7. The SMILES string of the molecule is CSCCC(NC(=O)C(CC(C)C)NC(=O)C1CCCN1C(=O)C(Cc1ccccc1)NC(=O)C(Cc1ccccc1)NC(=O)C(CCC(=O)O)NC(=O)OC(C)(C)C)C(N)=O. The van der Waals surface area contributed by atoms with Gasteiger partial charge in [-0.1, -0.05) is 74.5 Å². The van der Waals surface area contributed by atoms with Crippen molar-refractivity contribution < 1.29 is 48.2 Å². The fourth-order valence-corrected chi connectivity index (χ4v) is 7.38. The zero-order valence-electron chi connectivity index (χ0n) is 36.4. The topological polar surface area (TPSA) is 255 Å². The lowest BCUT2D eigenvalue weighted by atomic mass is 10.0. The molecule has 2 aromatic rings. The summed E-state index contributed by atoms with van der Waals surface area (Å²) in [4.78, 5) is 108. The number of alkyl carbamates (subject to hydrolysis) is 1. The molecule has 1 saturated heterocycles. The van der Waals surface area contributed by atoms with Crippen LogP contribution in [0.4, 0.5) is 4.79 Å². The van der Waals surface area contributed by atoms with Gasteiger partial charge in [0.15, 0.2) is 0 Å². The van der Waals surface area contributed by atoms with Gasteiger partial charge in [0, 0.05) is 25.8 Å². The number of hydrogen-bond donors (Lipinski definition) is 7. The number of hydrogen-bond acceptors (Lipinski definition) is 10. The molecule has 62 heavy (non-hydrogen) atoms. The molecule has 3 rings (SSSR count). The molecule has 0 aromatic heterocycles. The molecule has 8 N–H and O–H groups in total. The number of carboxylic acids is 1. The first-order chi connectivity index (χ1) is 29.3. The van der Waals surface area contributed by atoms with E-state index in [2.05, 4.69) is 26.6 Å². The minimum Gasteiger partial charge on any atom is -0.481 e. The number of rotatable bonds is 23. The van der Waals surface area contributed by atoms with Crippen LogP contribution in [0.1, 0.15) is 84.3 Å². The molecule has 0 aliphatic carbocycles. The van der Waals surface area contributed by atoms with Gasteiger partial charge in [-0.3, -0.25) is 33.6 Å². The number of carbonyl (C=O) groups is 8. The molecule has 0 bridgehead atoms. The minimum absolute atomic E-state index is 0.0205. The highest BCUT2D eigenvalue weighted by Gasteiger charge is 2.40. The number of carbonyl (C=O) groups excluding carboxylic acids is 7. The smallest absolute Gasteiger partial charge is 0.408 e. The maximum atomic E-state index is 14.6. The Morgan fingerprint density at radius 3 is 1.82 bits per heavy atom. The van der Waals surface area contributed by atoms with E-state index in [0.29, 0.717) is 29.7 Å². The molecule has 17 nitrogen and oxygen atoms in total. The Labute approximate surface area is 367 Å². The first-order valence-electron chi connectivity index (χ1n) is 20.9. The fourth-order valence-electron chi connectivity index (χ4n) is 6.91. The van der Waals surface area contributed by atoms with Gasteiger partial charge in [0.2, 0.25) is 35.4 Å². The second-order valence-corrected chi connectivity index (χ2v) is 17.7. The Hall–Kier alpha value is -5.65. The summed E-state index contributed by atoms with van der Waals surface area (Å²) in [6.45, 7) is 8.84. The third-order valence-electron chi connectivity index (χ3n) is 9.92. The minimum atomic E-state index is -1.39. The normalized spacial score (nSPS) is 16.2. The van der Waals surface area contributed by atoms with Gasteiger partial charge in [-0.15, -0.1) is 0 Å². The van der Waals surface area contributed by atoms with Crippen LogP contribution in [0.15, 0.2) is 60.7 Å². The van der Waals surface area contributed by atoms with Crippen LogP contribution >= 0.6 is 11.8 Å². The highest BCUT2D eigenvalue weighted by Crippen LogP contribution is 2.21. The van der Waals surface area contributed by atoms with E-state index < -0.39 is 95.8 Å². The van der Waals surface area contributed by atoms with Gasteiger partial charge >= 0.3 is 12.1 Å². The maximum absolute atomic E-state index is 14.6. The standard InChI is InChI=1S/C44H63N7O10S/c1-27(2)24-32(39(56)46-30(37(45)54)21-23-62-6)48-41(58)35-18-13-22-51(35)42(59)34(26-29-16-11-8-12-17-29)49-40(57)33(25-28-14-9-7-10-15-28)47-38(55)31(19-20-36(52)53)50-43(60)61-44(3,4)5/h7-12,14-17,27,30-35H,13,18-26H2,1-6H3,(H2,45,54)(H,46,56)(H,47,55)(H,48,58)(H,49,57)(H,50,60)(H,52,53). The van der Waals surface area contributed by atoms with Crippen molar-refractivity contribution in [2.75, 3.05) is 18.6 Å². The maximum Gasteiger partial charge on any atom is 0.408 e. The van der Waals surface area contributed by atoms with Crippen LogP contribution in [-0.4, -0.2) is 118 Å². The lowest BCUT2D eigenvalue weighted by Crippen LogP contribution is -2.60. The van der Waals surface area contributed by atoms with Gasteiger partial charge in [0.25, 0.3) is 0 Å². The summed E-state index contributed by atoms with van der Waals surface area (Å²) in [5.41, 5.74) is 6.00. The molecule has 6 unspecified atom stereocenters. The molecule has 0 spiro atoms. The number of nitrogens with zero attached hydrogens (tertiary/aromatic N) is 1. The van der Waals surface area contributed by atoms with Crippen molar-refractivity contribution in [2.24, 2.45) is 11.7 Å². The molecular formula is C44H63N7O10S. The Balaban J connectivity index is 1.92. The number of carboxylic acid groups (broad SMARTS) is 1. The number of benzene rings is 2. The number of amides is 7. The zero-order valence-corrected chi connectivity index (χ0v) is 37.3. The van der Waals surface area contributed by atoms with E-state index in [9.17, 15) is 43.5 Å². The molecule has 18 heteroatoms. The third kappa shape index (κ3) is 17.4. The van der Waals surface area contributed by atoms with Crippen molar-refractivity contribution in [2.45, 2.75) is 128 Å². The molecule has 1 heterocycles. The second-order valence-electron chi connectivity index (χ2n) is 16.8. The lowest BCUT2D eigenvalue weighted by molar-refractivity contribution is -0.142. The number of nitrogens with one attached hydrogen (secondary N) is 5. The average Bonchev–Trinajstić information content (AvgIpc) is 3.70. The van der Waals surface area contributed by atoms with E-state index >= 15 is 0 Å². The largest absolute Gasteiger partial charge is 0.481 e. The summed E-state index contributed by atoms with van der Waals surface area (Å²) in [7, 11) is 0. The van der Waals surface area contributed by atoms with Gasteiger partial charge in [-0.05, 0) is 81.9 Å². The van der Waals surface area contributed by atoms with Crippen molar-refractivity contribution in [3.63, 3.8) is 0 Å². The van der Waals surface area contributed by atoms with Crippen LogP contribution in [0.3, 0.4) is 0 Å². The molecule has 1 aliphatic heterocycles. The van der Waals surface area contributed by atoms with Crippen LogP contribution in [0.5, 0.6) is 0 Å². The van der Waals surface area contributed by atoms with Gasteiger partial charge in [0.1, 0.15) is 41.9 Å². The summed E-state index contributed by atoms with van der Waals surface area (Å²) in [6, 6.07) is 10.8. The predicted molar refractivity (Wildman–Crippen MR) is 234 cm³/mol. The number of likely N-dealkylation sites (tertiary alicyclic amines) is 1. The third-order valence-corrected chi connectivity index (χ3v) is 10.6. The van der Waals surface area contributed by atoms with Gasteiger partial charge in [-0.25, -0.2) is 4.79 Å². The summed E-state index contributed by atoms with van der Waals surface area (Å²) in [6.07, 6.45) is 1.42. The highest BCUT2D eigenvalue weighted by atomic mass is 32.2. The van der Waals surface area contributed by atoms with Crippen LogP contribution in [-0.2, 0) is 51.1 Å². The Bertz CT molecular complexity index is 1840. The number of thioether (sulfide) groups is 1. The monoisotopic (exact) mass is 881 g/mol. The van der Waals surface area contributed by atoms with Crippen LogP contribution in [0.25, 0.3) is 0 Å². The van der Waals surface area contributed by atoms with Crippen LogP contribution in [0, 0.1) is 5.92 Å². The molecule has 7 amide bonds. The van der Waals surface area contributed by atoms with Crippen molar-refractivity contribution in [1.29, 1.82) is 0 Å². The van der Waals surface area contributed by atoms with Gasteiger partial charge < -0.3 is 47.1 Å². The van der Waals surface area contributed by atoms with Crippen molar-refractivity contribution in [3.8, 4) is 0 Å². The van der Waals surface area contributed by atoms with E-state index in [1.54, 1.807) is 81.4 Å². The molecule has 0 saturated carbocycles. The summed E-state index contributed by atoms with van der Waals surface area (Å²) in [5.74, 6) is -4.64. The van der Waals surface area contributed by atoms with Gasteiger partial charge in [-0.2, -0.15) is 11.8 Å². The van der Waals surface area contributed by atoms with E-state index in [4.69, 9.17) is 10.5 Å². The van der Waals surface area contributed by atoms with Crippen molar-refractivity contribution in [3.05, 3.63) is 71.8 Å². The number of primary amides is 1. The Morgan fingerprint density at radius 1 is 0.758 bits per heavy atom. The quantitative estimate of drug-likeness (QED) is 0.0854. The van der Waals surface area contributed by atoms with Gasteiger partial charge in [0.05, 0.1) is 0 Å². The molecule has 0 radical (unpaired) electrons. The Morgan fingerprint density at radius 2 is 1.29 bits per heavy atom. The first-order valence-corrected chi connectivity index (χ1v) is 22.3. The molecular weight excluding hydrogens is 819 g/mol. The van der Waals surface area contributed by atoms with E-state index in [1.807, 2.05) is 20.1 Å². The molecule has 2 aromatic carbocycles. The van der Waals surface area contributed by atoms with Crippen LogP contribution in [0.2, 0.25) is 0 Å². The predicted octanol–water partition coefficient (Wildman–Crippen LogP) is 2.44. The van der Waals surface area contributed by atoms with E-state index in [-0.39, 0.29) is 44.6 Å².